The van der Waals surface area contributed by atoms with Crippen molar-refractivity contribution in [2.24, 2.45) is 0 Å². The smallest absolute Gasteiger partial charge is 0.138 e. The van der Waals surface area contributed by atoms with Gasteiger partial charge in [-0.25, -0.2) is 0 Å². The Morgan fingerprint density at radius 3 is 1.69 bits per heavy atom. The van der Waals surface area contributed by atoms with E-state index in [2.05, 4.69) is 140 Å². The van der Waals surface area contributed by atoms with Crippen LogP contribution in [0, 0.1) is 13.8 Å². The number of hydrogen-bond donors (Lipinski definition) is 1. The second-order valence-corrected chi connectivity index (χ2v) is 10.2. The first-order valence-electron chi connectivity index (χ1n) is 12.6. The molecule has 1 atom stereocenters. The van der Waals surface area contributed by atoms with Crippen molar-refractivity contribution < 1.29 is 0 Å². The van der Waals surface area contributed by atoms with Gasteiger partial charge in [-0.3, -0.25) is 0 Å². The zero-order valence-electron chi connectivity index (χ0n) is 20.8. The molecule has 6 aromatic rings. The first kappa shape index (κ1) is 21.0. The molecule has 2 nitrogen and oxygen atoms in total. The van der Waals surface area contributed by atoms with Crippen LogP contribution in [-0.4, -0.2) is 4.57 Å². The van der Waals surface area contributed by atoms with Crippen molar-refractivity contribution >= 4 is 49.0 Å². The fourth-order valence-corrected chi connectivity index (χ4v) is 6.26. The number of rotatable bonds is 1. The van der Waals surface area contributed by atoms with Crippen molar-refractivity contribution in [3.63, 3.8) is 0 Å². The first-order valence-corrected chi connectivity index (χ1v) is 12.6. The molecule has 1 aliphatic rings. The van der Waals surface area contributed by atoms with Crippen molar-refractivity contribution in [2.75, 3.05) is 5.32 Å². The van der Waals surface area contributed by atoms with E-state index in [0.29, 0.717) is 0 Å². The molecule has 1 unspecified atom stereocenters. The molecular formula is C34H28N2. The van der Waals surface area contributed by atoms with Gasteiger partial charge in [0.25, 0.3) is 0 Å². The zero-order valence-corrected chi connectivity index (χ0v) is 20.8. The van der Waals surface area contributed by atoms with Crippen molar-refractivity contribution in [2.45, 2.75) is 26.4 Å². The van der Waals surface area contributed by atoms with Gasteiger partial charge in [0.1, 0.15) is 5.66 Å². The third kappa shape index (κ3) is 2.91. The van der Waals surface area contributed by atoms with Gasteiger partial charge in [0.2, 0.25) is 0 Å². The average molecular weight is 465 g/mol. The van der Waals surface area contributed by atoms with Gasteiger partial charge in [0, 0.05) is 10.8 Å². The van der Waals surface area contributed by atoms with Crippen LogP contribution in [0.5, 0.6) is 0 Å². The summed E-state index contributed by atoms with van der Waals surface area (Å²) in [6.07, 6.45) is 0. The highest BCUT2D eigenvalue weighted by molar-refractivity contribution is 6.20. The Balaban J connectivity index is 1.84. The Morgan fingerprint density at radius 1 is 0.556 bits per heavy atom. The Kier molecular flexibility index (Phi) is 4.44. The topological polar surface area (TPSA) is 17.0 Å². The van der Waals surface area contributed by atoms with E-state index >= 15 is 0 Å². The summed E-state index contributed by atoms with van der Waals surface area (Å²) in [7, 11) is 0. The first-order chi connectivity index (χ1) is 17.5. The second kappa shape index (κ2) is 7.60. The molecule has 0 aliphatic carbocycles. The molecule has 36 heavy (non-hydrogen) atoms. The lowest BCUT2D eigenvalue weighted by Gasteiger charge is -2.31. The average Bonchev–Trinajstić information content (AvgIpc) is 3.22. The van der Waals surface area contributed by atoms with Crippen LogP contribution in [0.25, 0.3) is 43.4 Å². The predicted molar refractivity (Wildman–Crippen MR) is 154 cm³/mol. The van der Waals surface area contributed by atoms with Crippen LogP contribution >= 0.6 is 0 Å². The molecule has 1 aromatic heterocycles. The van der Waals surface area contributed by atoms with Crippen LogP contribution in [0.2, 0.25) is 0 Å². The standard InChI is InChI=1S/C34H28N2/c1-22-19-23(2)21-24(20-22)34(3)35-31-17-10-16-30-28-14-7-5-12-26(28)25-11-4-6-13-27(25)29-15-8-9-18-32(29)36(34)33(30)31/h4-21,35H,1-3H3. The number of aryl methyl sites for hydroxylation is 2. The summed E-state index contributed by atoms with van der Waals surface area (Å²) in [5.41, 5.74) is 6.95. The van der Waals surface area contributed by atoms with Gasteiger partial charge in [-0.05, 0) is 60.0 Å². The second-order valence-electron chi connectivity index (χ2n) is 10.2. The minimum Gasteiger partial charge on any atom is -0.357 e. The van der Waals surface area contributed by atoms with Gasteiger partial charge in [0.15, 0.2) is 0 Å². The number of hydrogen-bond acceptors (Lipinski definition) is 1. The monoisotopic (exact) mass is 464 g/mol. The Bertz CT molecular complexity index is 1890. The molecule has 1 aliphatic heterocycles. The Labute approximate surface area is 211 Å². The zero-order chi connectivity index (χ0) is 24.4. The molecule has 0 fully saturated rings. The molecular weight excluding hydrogens is 436 g/mol. The van der Waals surface area contributed by atoms with E-state index in [1.54, 1.807) is 0 Å². The highest BCUT2D eigenvalue weighted by Crippen LogP contribution is 2.44. The van der Waals surface area contributed by atoms with E-state index in [4.69, 9.17) is 0 Å². The molecule has 0 radical (unpaired) electrons. The summed E-state index contributed by atoms with van der Waals surface area (Å²) in [6, 6.07) is 40.1. The molecule has 5 aromatic carbocycles. The van der Waals surface area contributed by atoms with Gasteiger partial charge in [-0.15, -0.1) is 0 Å². The van der Waals surface area contributed by atoms with E-state index < -0.39 is 5.66 Å². The highest BCUT2D eigenvalue weighted by atomic mass is 15.3. The quantitative estimate of drug-likeness (QED) is 0.257. The van der Waals surface area contributed by atoms with Crippen molar-refractivity contribution in [3.8, 4) is 0 Å². The summed E-state index contributed by atoms with van der Waals surface area (Å²) >= 11 is 0. The molecule has 0 saturated heterocycles. The minimum absolute atomic E-state index is 0.459. The fraction of sp³-hybridized carbons (Fsp3) is 0.118. The van der Waals surface area contributed by atoms with Crippen LogP contribution in [0.1, 0.15) is 23.6 Å². The summed E-state index contributed by atoms with van der Waals surface area (Å²) in [5, 5.41) is 11.5. The van der Waals surface area contributed by atoms with Gasteiger partial charge in [-0.2, -0.15) is 0 Å². The lowest BCUT2D eigenvalue weighted by atomic mass is 9.96. The molecule has 0 saturated carbocycles. The van der Waals surface area contributed by atoms with E-state index in [1.165, 1.54) is 60.0 Å². The fourth-order valence-electron chi connectivity index (χ4n) is 6.26. The van der Waals surface area contributed by atoms with Crippen molar-refractivity contribution in [1.29, 1.82) is 0 Å². The van der Waals surface area contributed by atoms with Gasteiger partial charge in [0.05, 0.1) is 16.7 Å². The number of anilines is 1. The Hall–Kier alpha value is -4.30. The number of aromatic nitrogens is 1. The van der Waals surface area contributed by atoms with E-state index in [0.717, 1.165) is 5.69 Å². The minimum atomic E-state index is -0.459. The van der Waals surface area contributed by atoms with Gasteiger partial charge < -0.3 is 9.88 Å². The highest BCUT2D eigenvalue weighted by Gasteiger charge is 2.36. The molecule has 0 bridgehead atoms. The molecule has 7 rings (SSSR count). The number of para-hydroxylation sites is 2. The molecule has 0 spiro atoms. The maximum Gasteiger partial charge on any atom is 0.138 e. The largest absolute Gasteiger partial charge is 0.357 e. The van der Waals surface area contributed by atoms with Crippen LogP contribution in [0.4, 0.5) is 5.69 Å². The molecule has 2 heterocycles. The van der Waals surface area contributed by atoms with Crippen molar-refractivity contribution in [3.05, 3.63) is 126 Å². The van der Waals surface area contributed by atoms with Gasteiger partial charge in [-0.1, -0.05) is 108 Å². The van der Waals surface area contributed by atoms with Crippen LogP contribution in [0.15, 0.2) is 109 Å². The van der Waals surface area contributed by atoms with Crippen molar-refractivity contribution in [1.82, 2.24) is 4.57 Å². The molecule has 174 valence electrons. The SMILES string of the molecule is Cc1cc(C)cc(C2(C)Nc3cccc4c5ccccc5c5ccccc5c5ccccc5n2c34)c1. The van der Waals surface area contributed by atoms with Gasteiger partial charge >= 0.3 is 0 Å². The summed E-state index contributed by atoms with van der Waals surface area (Å²) in [5.74, 6) is 0. The van der Waals surface area contributed by atoms with Crippen LogP contribution < -0.4 is 5.32 Å². The Morgan fingerprint density at radius 2 is 1.06 bits per heavy atom. The molecule has 0 amide bonds. The molecule has 2 heteroatoms. The lowest BCUT2D eigenvalue weighted by molar-refractivity contribution is 0.498. The number of fused-ring (bicyclic) bond motifs is 7. The number of nitrogens with one attached hydrogen (secondary N) is 1. The van der Waals surface area contributed by atoms with E-state index in [9.17, 15) is 0 Å². The summed E-state index contributed by atoms with van der Waals surface area (Å²) in [6.45, 7) is 6.69. The van der Waals surface area contributed by atoms with E-state index in [1.807, 2.05) is 0 Å². The lowest BCUT2D eigenvalue weighted by Crippen LogP contribution is -2.36. The summed E-state index contributed by atoms with van der Waals surface area (Å²) < 4.78 is 2.54. The normalized spacial score (nSPS) is 16.5. The maximum absolute atomic E-state index is 3.96. The third-order valence-electron chi connectivity index (χ3n) is 7.74. The predicted octanol–water partition coefficient (Wildman–Crippen LogP) is 8.99. The number of nitrogens with zero attached hydrogens (tertiary/aromatic N) is 1. The maximum atomic E-state index is 3.96. The molecule has 1 N–H and O–H groups in total. The number of benzene rings is 5. The van der Waals surface area contributed by atoms with Crippen LogP contribution in [0.3, 0.4) is 0 Å². The van der Waals surface area contributed by atoms with Crippen LogP contribution in [-0.2, 0) is 5.66 Å². The summed E-state index contributed by atoms with van der Waals surface area (Å²) in [4.78, 5) is 0. The van der Waals surface area contributed by atoms with E-state index in [-0.39, 0.29) is 0 Å². The third-order valence-corrected chi connectivity index (χ3v) is 7.74.